The highest BCUT2D eigenvalue weighted by molar-refractivity contribution is 5.94. The van der Waals surface area contributed by atoms with Gasteiger partial charge in [0.05, 0.1) is 17.1 Å². The van der Waals surface area contributed by atoms with Crippen LogP contribution in [-0.2, 0) is 19.9 Å². The van der Waals surface area contributed by atoms with E-state index in [0.29, 0.717) is 12.5 Å². The van der Waals surface area contributed by atoms with Crippen LogP contribution in [0.2, 0.25) is 0 Å². The zero-order valence-corrected chi connectivity index (χ0v) is 16.6. The van der Waals surface area contributed by atoms with Crippen LogP contribution < -0.4 is 10.2 Å². The van der Waals surface area contributed by atoms with Gasteiger partial charge in [0, 0.05) is 44.1 Å². The van der Waals surface area contributed by atoms with Crippen LogP contribution in [0.3, 0.4) is 0 Å². The molecule has 1 fully saturated rings. The van der Waals surface area contributed by atoms with E-state index in [9.17, 15) is 4.79 Å². The number of hydrogen-bond acceptors (Lipinski definition) is 5. The first kappa shape index (κ1) is 17.9. The molecule has 0 spiro atoms. The minimum Gasteiger partial charge on any atom is -0.360 e. The summed E-state index contributed by atoms with van der Waals surface area (Å²) in [5, 5.41) is 7.78. The third kappa shape index (κ3) is 3.39. The molecule has 8 heteroatoms. The molecule has 2 N–H and O–H groups in total. The Morgan fingerprint density at radius 3 is 3.03 bits per heavy atom. The fourth-order valence-corrected chi connectivity index (χ4v) is 4.42. The Morgan fingerprint density at radius 2 is 2.17 bits per heavy atom. The van der Waals surface area contributed by atoms with Gasteiger partial charge < -0.3 is 15.2 Å². The molecule has 3 aromatic heterocycles. The van der Waals surface area contributed by atoms with Crippen molar-refractivity contribution in [3.8, 4) is 11.4 Å². The molecule has 1 unspecified atom stereocenters. The first-order valence-electron chi connectivity index (χ1n) is 10.3. The number of fused-ring (bicyclic) bond motifs is 1. The number of H-pyrrole nitrogens is 1. The molecule has 3 aromatic rings. The standard InChI is InChI=1S/C21H25N7O/c1-27-19(15-5-2-3-6-16(15)26-27)20(29)24-14-9-12-28(13-14)21-23-11-8-18(25-21)17-7-4-10-22-17/h4,7-8,10-11,14,22H,2-3,5-6,9,12-13H2,1H3,(H,24,29). The number of nitrogens with zero attached hydrogens (tertiary/aromatic N) is 5. The summed E-state index contributed by atoms with van der Waals surface area (Å²) in [7, 11) is 1.87. The Balaban J connectivity index is 1.28. The van der Waals surface area contributed by atoms with Crippen molar-refractivity contribution in [2.24, 2.45) is 7.05 Å². The van der Waals surface area contributed by atoms with E-state index in [1.165, 1.54) is 0 Å². The van der Waals surface area contributed by atoms with E-state index in [1.807, 2.05) is 31.4 Å². The molecular weight excluding hydrogens is 366 g/mol. The number of nitrogens with one attached hydrogen (secondary N) is 2. The van der Waals surface area contributed by atoms with Gasteiger partial charge in [0.2, 0.25) is 5.95 Å². The van der Waals surface area contributed by atoms with Gasteiger partial charge in [-0.25, -0.2) is 9.97 Å². The van der Waals surface area contributed by atoms with E-state index in [4.69, 9.17) is 0 Å². The Labute approximate surface area is 169 Å². The maximum absolute atomic E-state index is 13.0. The second kappa shape index (κ2) is 7.35. The molecule has 1 aliphatic carbocycles. The van der Waals surface area contributed by atoms with Crippen LogP contribution in [0.25, 0.3) is 11.4 Å². The molecule has 0 bridgehead atoms. The van der Waals surface area contributed by atoms with Crippen molar-refractivity contribution in [3.63, 3.8) is 0 Å². The van der Waals surface area contributed by atoms with Gasteiger partial charge in [0.15, 0.2) is 0 Å². The van der Waals surface area contributed by atoms with Gasteiger partial charge in [-0.15, -0.1) is 0 Å². The van der Waals surface area contributed by atoms with E-state index < -0.39 is 0 Å². The second-order valence-electron chi connectivity index (χ2n) is 7.84. The number of carbonyl (C=O) groups excluding carboxylic acids is 1. The number of rotatable bonds is 4. The van der Waals surface area contributed by atoms with Crippen molar-refractivity contribution in [2.45, 2.75) is 38.1 Å². The summed E-state index contributed by atoms with van der Waals surface area (Å²) >= 11 is 0. The van der Waals surface area contributed by atoms with Crippen LogP contribution in [0.15, 0.2) is 30.6 Å². The topological polar surface area (TPSA) is 91.7 Å². The third-order valence-corrected chi connectivity index (χ3v) is 5.86. The number of aromatic amines is 1. The predicted octanol–water partition coefficient (Wildman–Crippen LogP) is 2.09. The van der Waals surface area contributed by atoms with Crippen LogP contribution in [0.1, 0.15) is 41.0 Å². The van der Waals surface area contributed by atoms with Crippen molar-refractivity contribution >= 4 is 11.9 Å². The molecule has 1 aliphatic heterocycles. The number of hydrogen-bond donors (Lipinski definition) is 2. The Kier molecular flexibility index (Phi) is 4.54. The van der Waals surface area contributed by atoms with Crippen molar-refractivity contribution in [1.82, 2.24) is 30.0 Å². The lowest BCUT2D eigenvalue weighted by Crippen LogP contribution is -2.38. The van der Waals surface area contributed by atoms with Crippen LogP contribution in [-0.4, -0.2) is 49.8 Å². The van der Waals surface area contributed by atoms with Gasteiger partial charge in [0.25, 0.3) is 5.91 Å². The summed E-state index contributed by atoms with van der Waals surface area (Å²) < 4.78 is 1.75. The van der Waals surface area contributed by atoms with Crippen molar-refractivity contribution in [1.29, 1.82) is 0 Å². The SMILES string of the molecule is Cn1nc2c(c1C(=O)NC1CCN(c3nccc(-c4ccc[nH]4)n3)C1)CCCC2. The van der Waals surface area contributed by atoms with Crippen molar-refractivity contribution in [2.75, 3.05) is 18.0 Å². The monoisotopic (exact) mass is 391 g/mol. The van der Waals surface area contributed by atoms with E-state index >= 15 is 0 Å². The average Bonchev–Trinajstić information content (AvgIpc) is 3.47. The summed E-state index contributed by atoms with van der Waals surface area (Å²) in [5.41, 5.74) is 4.79. The molecule has 0 saturated carbocycles. The molecule has 8 nitrogen and oxygen atoms in total. The Hall–Kier alpha value is -3.16. The van der Waals surface area contributed by atoms with E-state index in [2.05, 4.69) is 30.3 Å². The zero-order valence-electron chi connectivity index (χ0n) is 16.6. The van der Waals surface area contributed by atoms with Gasteiger partial charge in [-0.3, -0.25) is 9.48 Å². The molecule has 2 aliphatic rings. The smallest absolute Gasteiger partial charge is 0.270 e. The maximum atomic E-state index is 13.0. The molecular formula is C21H25N7O. The molecule has 150 valence electrons. The molecule has 29 heavy (non-hydrogen) atoms. The molecule has 0 radical (unpaired) electrons. The van der Waals surface area contributed by atoms with Gasteiger partial charge >= 0.3 is 0 Å². The highest BCUT2D eigenvalue weighted by Gasteiger charge is 2.29. The number of anilines is 1. The molecule has 0 aromatic carbocycles. The number of carbonyl (C=O) groups is 1. The highest BCUT2D eigenvalue weighted by atomic mass is 16.2. The summed E-state index contributed by atoms with van der Waals surface area (Å²) in [4.78, 5) is 27.4. The van der Waals surface area contributed by atoms with Gasteiger partial charge in [-0.1, -0.05) is 0 Å². The summed E-state index contributed by atoms with van der Waals surface area (Å²) in [6.45, 7) is 1.53. The quantitative estimate of drug-likeness (QED) is 0.711. The largest absolute Gasteiger partial charge is 0.360 e. The first-order chi connectivity index (χ1) is 14.2. The fourth-order valence-electron chi connectivity index (χ4n) is 4.42. The molecule has 5 rings (SSSR count). The van der Waals surface area contributed by atoms with Gasteiger partial charge in [0.1, 0.15) is 5.69 Å². The molecule has 1 amide bonds. The third-order valence-electron chi connectivity index (χ3n) is 5.86. The Bertz CT molecular complexity index is 1020. The van der Waals surface area contributed by atoms with Crippen LogP contribution in [0.4, 0.5) is 5.95 Å². The lowest BCUT2D eigenvalue weighted by molar-refractivity contribution is 0.0929. The lowest BCUT2D eigenvalue weighted by Gasteiger charge is -2.18. The number of aryl methyl sites for hydroxylation is 2. The first-order valence-corrected chi connectivity index (χ1v) is 10.3. The zero-order chi connectivity index (χ0) is 19.8. The summed E-state index contributed by atoms with van der Waals surface area (Å²) in [5.74, 6) is 0.683. The highest BCUT2D eigenvalue weighted by Crippen LogP contribution is 2.24. The summed E-state index contributed by atoms with van der Waals surface area (Å²) in [6, 6.07) is 5.92. The fraction of sp³-hybridized carbons (Fsp3) is 0.429. The van der Waals surface area contributed by atoms with Crippen LogP contribution in [0.5, 0.6) is 0 Å². The number of amides is 1. The van der Waals surface area contributed by atoms with Gasteiger partial charge in [-0.05, 0) is 50.3 Å². The predicted molar refractivity (Wildman–Crippen MR) is 110 cm³/mol. The van der Waals surface area contributed by atoms with E-state index in [0.717, 1.165) is 67.0 Å². The molecule has 1 atom stereocenters. The van der Waals surface area contributed by atoms with Crippen LogP contribution >= 0.6 is 0 Å². The van der Waals surface area contributed by atoms with E-state index in [-0.39, 0.29) is 11.9 Å². The maximum Gasteiger partial charge on any atom is 0.270 e. The minimum absolute atomic E-state index is 0.0175. The molecule has 4 heterocycles. The Morgan fingerprint density at radius 1 is 1.28 bits per heavy atom. The van der Waals surface area contributed by atoms with Crippen LogP contribution in [0, 0.1) is 0 Å². The normalized spacial score (nSPS) is 18.7. The van der Waals surface area contributed by atoms with E-state index in [1.54, 1.807) is 10.9 Å². The second-order valence-corrected chi connectivity index (χ2v) is 7.84. The van der Waals surface area contributed by atoms with Crippen molar-refractivity contribution in [3.05, 3.63) is 47.5 Å². The lowest BCUT2D eigenvalue weighted by atomic mass is 9.95. The summed E-state index contributed by atoms with van der Waals surface area (Å²) in [6.07, 6.45) is 8.75. The number of aromatic nitrogens is 5. The molecule has 1 saturated heterocycles. The minimum atomic E-state index is -0.0175. The van der Waals surface area contributed by atoms with Gasteiger partial charge in [-0.2, -0.15) is 5.10 Å². The van der Waals surface area contributed by atoms with Crippen molar-refractivity contribution < 1.29 is 4.79 Å². The average molecular weight is 391 g/mol.